The lowest BCUT2D eigenvalue weighted by molar-refractivity contribution is -0.151. The van der Waals surface area contributed by atoms with Crippen LogP contribution in [0, 0.1) is 0 Å². The van der Waals surface area contributed by atoms with Gasteiger partial charge in [-0.1, -0.05) is 13.3 Å². The van der Waals surface area contributed by atoms with Crippen LogP contribution in [-0.2, 0) is 14.3 Å². The van der Waals surface area contributed by atoms with E-state index in [1.807, 2.05) is 0 Å². The molecule has 68 valence electrons. The van der Waals surface area contributed by atoms with E-state index < -0.39 is 0 Å². The quantitative estimate of drug-likeness (QED) is 0.379. The Kier molecular flexibility index (Phi) is 3.59. The number of hydrogen-bond acceptors (Lipinski definition) is 4. The summed E-state index contributed by atoms with van der Waals surface area (Å²) in [5.41, 5.74) is 0. The van der Waals surface area contributed by atoms with Gasteiger partial charge < -0.3 is 4.74 Å². The van der Waals surface area contributed by atoms with Crippen molar-refractivity contribution in [2.24, 2.45) is 0 Å². The second-order valence-electron chi connectivity index (χ2n) is 2.71. The van der Waals surface area contributed by atoms with Gasteiger partial charge in [-0.05, 0) is 12.2 Å². The van der Waals surface area contributed by atoms with Crippen molar-refractivity contribution >= 4 is 23.7 Å². The van der Waals surface area contributed by atoms with Gasteiger partial charge in [0.2, 0.25) is 0 Å². The first-order valence-electron chi connectivity index (χ1n) is 4.10. The van der Waals surface area contributed by atoms with Crippen molar-refractivity contribution in [3.8, 4) is 0 Å². The zero-order valence-corrected chi connectivity index (χ0v) is 7.86. The fourth-order valence-corrected chi connectivity index (χ4v) is 2.13. The average Bonchev–Trinajstić information content (AvgIpc) is 2.31. The van der Waals surface area contributed by atoms with E-state index in [1.165, 1.54) is 11.8 Å². The van der Waals surface area contributed by atoms with Crippen LogP contribution in [0.1, 0.15) is 26.2 Å². The Morgan fingerprint density at radius 3 is 2.83 bits per heavy atom. The second kappa shape index (κ2) is 4.50. The number of ether oxygens (including phenoxy) is 1. The maximum atomic E-state index is 10.9. The van der Waals surface area contributed by atoms with E-state index in [-0.39, 0.29) is 23.6 Å². The molecule has 0 saturated carbocycles. The third kappa shape index (κ3) is 2.52. The molecule has 0 spiro atoms. The molecule has 12 heavy (non-hydrogen) atoms. The summed E-state index contributed by atoms with van der Waals surface area (Å²) in [6.45, 7) is 2.10. The fourth-order valence-electron chi connectivity index (χ4n) is 0.951. The summed E-state index contributed by atoms with van der Waals surface area (Å²) in [5, 5.41) is -0.232. The van der Waals surface area contributed by atoms with Crippen molar-refractivity contribution in [1.82, 2.24) is 0 Å². The lowest BCUT2D eigenvalue weighted by atomic mass is 10.3. The Balaban J connectivity index is 2.24. The molecular weight excluding hydrogens is 176 g/mol. The number of hydrogen-bond donors (Lipinski definition) is 0. The summed E-state index contributed by atoms with van der Waals surface area (Å²) in [7, 11) is 0. The van der Waals surface area contributed by atoms with Gasteiger partial charge in [0.25, 0.3) is 0 Å². The number of unbranched alkanes of at least 4 members (excludes halogenated alkanes) is 1. The average molecular weight is 188 g/mol. The van der Waals surface area contributed by atoms with E-state index in [0.717, 1.165) is 18.6 Å². The van der Waals surface area contributed by atoms with Crippen molar-refractivity contribution in [3.63, 3.8) is 0 Å². The molecule has 1 atom stereocenters. The summed E-state index contributed by atoms with van der Waals surface area (Å²) < 4.78 is 4.41. The van der Waals surface area contributed by atoms with Gasteiger partial charge in [-0.15, -0.1) is 11.8 Å². The molecule has 0 bridgehead atoms. The molecule has 0 aliphatic carbocycles. The zero-order valence-electron chi connectivity index (χ0n) is 7.04. The predicted molar refractivity (Wildman–Crippen MR) is 46.9 cm³/mol. The summed E-state index contributed by atoms with van der Waals surface area (Å²) >= 11 is 1.53. The van der Waals surface area contributed by atoms with Gasteiger partial charge in [0, 0.05) is 0 Å². The topological polar surface area (TPSA) is 43.4 Å². The van der Waals surface area contributed by atoms with Gasteiger partial charge in [0.05, 0.1) is 6.42 Å². The normalized spacial score (nSPS) is 22.9. The Labute approximate surface area is 75.8 Å². The third-order valence-electron chi connectivity index (χ3n) is 1.65. The van der Waals surface area contributed by atoms with Crippen molar-refractivity contribution < 1.29 is 14.3 Å². The Bertz CT molecular complexity index is 191. The molecule has 1 saturated heterocycles. The first-order chi connectivity index (χ1) is 5.74. The molecule has 0 aromatic heterocycles. The molecule has 1 aliphatic rings. The molecular formula is C8H12O3S. The number of carbonyl (C=O) groups is 2. The predicted octanol–water partition coefficient (Wildman–Crippen LogP) is 1.36. The van der Waals surface area contributed by atoms with Gasteiger partial charge in [0.15, 0.2) is 0 Å². The molecule has 0 amide bonds. The van der Waals surface area contributed by atoms with Gasteiger partial charge in [-0.3, -0.25) is 9.59 Å². The molecule has 0 aromatic rings. The molecule has 1 heterocycles. The largest absolute Gasteiger partial charge is 0.392 e. The number of esters is 2. The van der Waals surface area contributed by atoms with Crippen molar-refractivity contribution in [1.29, 1.82) is 0 Å². The van der Waals surface area contributed by atoms with Crippen LogP contribution in [-0.4, -0.2) is 22.9 Å². The third-order valence-corrected chi connectivity index (χ3v) is 2.93. The van der Waals surface area contributed by atoms with Gasteiger partial charge in [-0.25, -0.2) is 0 Å². The lowest BCUT2D eigenvalue weighted by Crippen LogP contribution is -2.09. The first-order valence-corrected chi connectivity index (χ1v) is 5.15. The number of cyclic esters (lactones) is 2. The van der Waals surface area contributed by atoms with Crippen LogP contribution in [0.5, 0.6) is 0 Å². The summed E-state index contributed by atoms with van der Waals surface area (Å²) in [4.78, 5) is 21.6. The monoisotopic (exact) mass is 188 g/mol. The van der Waals surface area contributed by atoms with E-state index in [0.29, 0.717) is 0 Å². The van der Waals surface area contributed by atoms with Crippen molar-refractivity contribution in [2.75, 3.05) is 5.75 Å². The highest BCUT2D eigenvalue weighted by Crippen LogP contribution is 2.23. The van der Waals surface area contributed by atoms with Crippen LogP contribution in [0.25, 0.3) is 0 Å². The van der Waals surface area contributed by atoms with E-state index in [4.69, 9.17) is 0 Å². The molecule has 0 N–H and O–H groups in total. The summed E-state index contributed by atoms with van der Waals surface area (Å²) in [6.07, 6.45) is 2.46. The fraction of sp³-hybridized carbons (Fsp3) is 0.750. The minimum atomic E-state index is -0.381. The Morgan fingerprint density at radius 2 is 2.33 bits per heavy atom. The molecule has 1 rings (SSSR count). The Morgan fingerprint density at radius 1 is 1.58 bits per heavy atom. The molecule has 1 fully saturated rings. The van der Waals surface area contributed by atoms with Gasteiger partial charge in [0.1, 0.15) is 5.25 Å². The van der Waals surface area contributed by atoms with Crippen LogP contribution in [0.2, 0.25) is 0 Å². The standard InChI is InChI=1S/C8H12O3S/c1-2-3-4-12-6-5-7(9)11-8(6)10/h6H,2-5H2,1H3. The van der Waals surface area contributed by atoms with Gasteiger partial charge >= 0.3 is 11.9 Å². The van der Waals surface area contributed by atoms with Gasteiger partial charge in [-0.2, -0.15) is 0 Å². The molecule has 0 radical (unpaired) electrons. The highest BCUT2D eigenvalue weighted by atomic mass is 32.2. The first kappa shape index (κ1) is 9.58. The SMILES string of the molecule is CCCCSC1CC(=O)OC1=O. The Hall–Kier alpha value is -0.510. The van der Waals surface area contributed by atoms with E-state index in [2.05, 4.69) is 11.7 Å². The number of carbonyl (C=O) groups excluding carboxylic acids is 2. The lowest BCUT2D eigenvalue weighted by Gasteiger charge is -2.01. The van der Waals surface area contributed by atoms with Crippen molar-refractivity contribution in [2.45, 2.75) is 31.4 Å². The van der Waals surface area contributed by atoms with E-state index >= 15 is 0 Å². The summed E-state index contributed by atoms with van der Waals surface area (Å²) in [5.74, 6) is 0.193. The van der Waals surface area contributed by atoms with Crippen LogP contribution in [0.4, 0.5) is 0 Å². The minimum Gasteiger partial charge on any atom is -0.392 e. The molecule has 4 heteroatoms. The highest BCUT2D eigenvalue weighted by Gasteiger charge is 2.33. The minimum absolute atomic E-state index is 0.232. The van der Waals surface area contributed by atoms with Crippen LogP contribution in [0.3, 0.4) is 0 Å². The summed E-state index contributed by atoms with van der Waals surface area (Å²) in [6, 6.07) is 0. The van der Waals surface area contributed by atoms with E-state index in [9.17, 15) is 9.59 Å². The molecule has 3 nitrogen and oxygen atoms in total. The van der Waals surface area contributed by atoms with E-state index in [1.54, 1.807) is 0 Å². The maximum Gasteiger partial charge on any atom is 0.327 e. The van der Waals surface area contributed by atoms with Crippen LogP contribution in [0.15, 0.2) is 0 Å². The van der Waals surface area contributed by atoms with Crippen molar-refractivity contribution in [3.05, 3.63) is 0 Å². The van der Waals surface area contributed by atoms with Crippen LogP contribution >= 0.6 is 11.8 Å². The molecule has 1 unspecified atom stereocenters. The molecule has 1 aliphatic heterocycles. The number of thioether (sulfide) groups is 1. The second-order valence-corrected chi connectivity index (χ2v) is 4.02. The maximum absolute atomic E-state index is 10.9. The zero-order chi connectivity index (χ0) is 8.97. The van der Waals surface area contributed by atoms with Crippen LogP contribution < -0.4 is 0 Å². The molecule has 0 aromatic carbocycles. The number of rotatable bonds is 4. The highest BCUT2D eigenvalue weighted by molar-refractivity contribution is 8.00. The smallest absolute Gasteiger partial charge is 0.327 e.